The Morgan fingerprint density at radius 2 is 1.56 bits per heavy atom. The summed E-state index contributed by atoms with van der Waals surface area (Å²) in [7, 11) is -7.85. The van der Waals surface area contributed by atoms with Crippen molar-refractivity contribution in [2.45, 2.75) is 0 Å². The first kappa shape index (κ1) is 14.5. The van der Waals surface area contributed by atoms with E-state index in [1.807, 2.05) is 11.5 Å². The van der Waals surface area contributed by atoms with Gasteiger partial charge in [-0.15, -0.1) is 3.63 Å². The van der Waals surface area contributed by atoms with Gasteiger partial charge in [-0.2, -0.15) is 16.8 Å². The molecule has 9 nitrogen and oxygen atoms in total. The molecule has 1 fully saturated rings. The van der Waals surface area contributed by atoms with E-state index in [2.05, 4.69) is 3.63 Å². The van der Waals surface area contributed by atoms with Gasteiger partial charge >= 0.3 is 20.6 Å². The first-order valence-corrected chi connectivity index (χ1v) is 7.13. The lowest BCUT2D eigenvalue weighted by atomic mass is 10.2. The number of nitrogens with two attached hydrogens (primary N) is 1. The van der Waals surface area contributed by atoms with Gasteiger partial charge in [-0.05, 0) is 12.1 Å². The smallest absolute Gasteiger partial charge is 0.290 e. The minimum absolute atomic E-state index is 0.263. The van der Waals surface area contributed by atoms with Crippen molar-refractivity contribution in [3.63, 3.8) is 0 Å². The number of nitrogens with one attached hydrogen (secondary N) is 2. The molecule has 0 aromatic heterocycles. The number of carbonyl (C=O) groups is 1. The van der Waals surface area contributed by atoms with Crippen LogP contribution in [0.25, 0.3) is 0 Å². The highest BCUT2D eigenvalue weighted by Gasteiger charge is 2.38. The number of amides is 1. The van der Waals surface area contributed by atoms with Crippen molar-refractivity contribution in [2.75, 3.05) is 0 Å². The summed E-state index contributed by atoms with van der Waals surface area (Å²) in [4.78, 5) is 10.8. The van der Waals surface area contributed by atoms with E-state index in [9.17, 15) is 21.6 Å². The minimum Gasteiger partial charge on any atom is -0.290 e. The molecule has 11 heteroatoms. The number of hydrogen-bond acceptors (Lipinski definition) is 7. The molecule has 100 valence electrons. The summed E-state index contributed by atoms with van der Waals surface area (Å²) in [5.41, 5.74) is 2.62. The first-order valence-electron chi connectivity index (χ1n) is 4.31. The van der Waals surface area contributed by atoms with Crippen molar-refractivity contribution in [1.29, 1.82) is 0 Å². The molecule has 1 aliphatic heterocycles. The van der Waals surface area contributed by atoms with E-state index in [0.29, 0.717) is 5.56 Å². The summed E-state index contributed by atoms with van der Waals surface area (Å²) in [6, 6.07) is 8.80. The van der Waals surface area contributed by atoms with Crippen LogP contribution >= 0.6 is 0 Å². The van der Waals surface area contributed by atoms with Crippen molar-refractivity contribution in [3.8, 4) is 0 Å². The van der Waals surface area contributed by atoms with Gasteiger partial charge < -0.3 is 0 Å². The monoisotopic (exact) mass is 295 g/mol. The van der Waals surface area contributed by atoms with Crippen LogP contribution in [0.1, 0.15) is 10.4 Å². The van der Waals surface area contributed by atoms with Crippen LogP contribution < -0.4 is 15.4 Å². The highest BCUT2D eigenvalue weighted by Crippen LogP contribution is 2.07. The number of rotatable bonds is 1. The average Bonchev–Trinajstić information content (AvgIpc) is 2.26. The predicted octanol–water partition coefficient (Wildman–Crippen LogP) is -1.61. The van der Waals surface area contributed by atoms with E-state index in [1.54, 1.807) is 24.3 Å². The second-order valence-electron chi connectivity index (χ2n) is 2.90. The van der Waals surface area contributed by atoms with Crippen molar-refractivity contribution in [3.05, 3.63) is 35.9 Å². The lowest BCUT2D eigenvalue weighted by Gasteiger charge is -2.12. The van der Waals surface area contributed by atoms with E-state index < -0.39 is 20.6 Å². The number of benzene rings is 1. The molecular weight excluding hydrogens is 286 g/mol. The normalized spacial score (nSPS) is 18.7. The van der Waals surface area contributed by atoms with Gasteiger partial charge in [0, 0.05) is 5.56 Å². The van der Waals surface area contributed by atoms with Crippen LogP contribution in [0.2, 0.25) is 0 Å². The fourth-order valence-corrected chi connectivity index (χ4v) is 2.89. The van der Waals surface area contributed by atoms with Gasteiger partial charge in [-0.25, -0.2) is 5.84 Å². The van der Waals surface area contributed by atoms with E-state index in [0.717, 1.165) is 0 Å². The van der Waals surface area contributed by atoms with E-state index in [1.165, 1.54) is 4.13 Å². The summed E-state index contributed by atoms with van der Waals surface area (Å²) >= 11 is 0. The quantitative estimate of drug-likeness (QED) is 0.321. The number of hydrazine groups is 1. The highest BCUT2D eigenvalue weighted by atomic mass is 32.4. The molecule has 0 bridgehead atoms. The molecule has 0 spiro atoms. The zero-order valence-electron chi connectivity index (χ0n) is 8.73. The van der Waals surface area contributed by atoms with Gasteiger partial charge in [0.1, 0.15) is 0 Å². The third-order valence-electron chi connectivity index (χ3n) is 1.55. The number of nitrogen functional groups attached to an aromatic ring is 1. The zero-order valence-corrected chi connectivity index (χ0v) is 10.4. The lowest BCUT2D eigenvalue weighted by molar-refractivity contribution is 0.0953. The molecular formula is C7H9N3O6S2. The van der Waals surface area contributed by atoms with E-state index >= 15 is 0 Å². The van der Waals surface area contributed by atoms with Crippen molar-refractivity contribution in [2.24, 2.45) is 5.84 Å². The fourth-order valence-electron chi connectivity index (χ4n) is 0.919. The van der Waals surface area contributed by atoms with Crippen LogP contribution in [-0.4, -0.2) is 22.7 Å². The lowest BCUT2D eigenvalue weighted by Crippen LogP contribution is -2.45. The van der Waals surface area contributed by atoms with Crippen LogP contribution in [0.5, 0.6) is 0 Å². The Bertz CT molecular complexity index is 576. The van der Waals surface area contributed by atoms with Gasteiger partial charge in [0.05, 0.1) is 0 Å². The SMILES string of the molecule is NNC(=O)c1ccccc1.O=S1(=O)NS(=O)(=O)O1. The Morgan fingerprint density at radius 1 is 1.11 bits per heavy atom. The molecule has 1 heterocycles. The molecule has 1 aliphatic rings. The maximum Gasteiger partial charge on any atom is 0.366 e. The average molecular weight is 295 g/mol. The van der Waals surface area contributed by atoms with Crippen LogP contribution in [0, 0.1) is 0 Å². The fraction of sp³-hybridized carbons (Fsp3) is 0. The van der Waals surface area contributed by atoms with Crippen molar-refractivity contribution < 1.29 is 25.3 Å². The predicted molar refractivity (Wildman–Crippen MR) is 60.2 cm³/mol. The molecule has 1 aromatic rings. The second-order valence-corrected chi connectivity index (χ2v) is 5.93. The zero-order chi connectivity index (χ0) is 13.8. The Hall–Kier alpha value is -1.53. The Kier molecular flexibility index (Phi) is 4.37. The van der Waals surface area contributed by atoms with Gasteiger partial charge in [0.15, 0.2) is 0 Å². The van der Waals surface area contributed by atoms with Crippen LogP contribution in [0.4, 0.5) is 0 Å². The molecule has 1 aromatic carbocycles. The summed E-state index contributed by atoms with van der Waals surface area (Å²) in [6.45, 7) is 0. The first-order chi connectivity index (χ1) is 8.26. The van der Waals surface area contributed by atoms with Crippen LogP contribution in [0.15, 0.2) is 30.3 Å². The molecule has 18 heavy (non-hydrogen) atoms. The Balaban J connectivity index is 0.000000184. The van der Waals surface area contributed by atoms with Crippen LogP contribution in [-0.2, 0) is 24.2 Å². The van der Waals surface area contributed by atoms with Gasteiger partial charge in [-0.1, -0.05) is 22.3 Å². The summed E-state index contributed by atoms with van der Waals surface area (Å²) in [5, 5.41) is 0. The molecule has 0 unspecified atom stereocenters. The maximum absolute atomic E-state index is 10.8. The van der Waals surface area contributed by atoms with Gasteiger partial charge in [0.2, 0.25) is 0 Å². The third-order valence-corrected chi connectivity index (χ3v) is 4.62. The summed E-state index contributed by atoms with van der Waals surface area (Å²) < 4.78 is 43.7. The standard InChI is InChI=1S/C7H8N2O.HNO5S2/c8-9-7(10)6-4-2-1-3-5-6;2-7(3)1-8(4,5)6-7/h1-5H,8H2,(H,9,10);1H. The molecule has 0 aliphatic carbocycles. The Labute approximate surface area is 103 Å². The van der Waals surface area contributed by atoms with Gasteiger partial charge in [-0.3, -0.25) is 10.2 Å². The minimum atomic E-state index is -3.93. The van der Waals surface area contributed by atoms with Crippen LogP contribution in [0.3, 0.4) is 0 Å². The van der Waals surface area contributed by atoms with Gasteiger partial charge in [0.25, 0.3) is 5.91 Å². The third kappa shape index (κ3) is 4.38. The molecule has 0 saturated carbocycles. The molecule has 0 atom stereocenters. The molecule has 0 radical (unpaired) electrons. The van der Waals surface area contributed by atoms with E-state index in [4.69, 9.17) is 5.84 Å². The molecule has 1 amide bonds. The Morgan fingerprint density at radius 3 is 1.83 bits per heavy atom. The number of carbonyl (C=O) groups excluding carboxylic acids is 1. The van der Waals surface area contributed by atoms with Crippen molar-refractivity contribution in [1.82, 2.24) is 9.55 Å². The molecule has 4 N–H and O–H groups in total. The number of hydrogen-bond donors (Lipinski definition) is 3. The molecule has 1 saturated heterocycles. The maximum atomic E-state index is 10.8. The summed E-state index contributed by atoms with van der Waals surface area (Å²) in [6.07, 6.45) is 0. The summed E-state index contributed by atoms with van der Waals surface area (Å²) in [5.74, 6) is 4.64. The largest absolute Gasteiger partial charge is 0.366 e. The second kappa shape index (κ2) is 5.41. The van der Waals surface area contributed by atoms with Crippen molar-refractivity contribution >= 4 is 26.5 Å². The molecule has 2 rings (SSSR count). The van der Waals surface area contributed by atoms with E-state index in [-0.39, 0.29) is 5.91 Å². The topological polar surface area (TPSA) is 145 Å². The highest BCUT2D eigenvalue weighted by molar-refractivity contribution is 8.12.